The molecule has 0 aliphatic heterocycles. The highest BCUT2D eigenvalue weighted by molar-refractivity contribution is 5.80. The number of rotatable bonds is 3. The molecule has 4 nitrogen and oxygen atoms in total. The molecule has 0 aliphatic carbocycles. The summed E-state index contributed by atoms with van der Waals surface area (Å²) in [6.45, 7) is 6.49. The molecule has 4 heteroatoms. The van der Waals surface area contributed by atoms with Crippen LogP contribution in [0.1, 0.15) is 37.7 Å². The first kappa shape index (κ1) is 18.8. The van der Waals surface area contributed by atoms with E-state index in [2.05, 4.69) is 37.9 Å². The number of benzene rings is 2. The zero-order valence-electron chi connectivity index (χ0n) is 16.8. The summed E-state index contributed by atoms with van der Waals surface area (Å²) in [4.78, 5) is 22.2. The van der Waals surface area contributed by atoms with Gasteiger partial charge in [-0.1, -0.05) is 51.1 Å². The van der Waals surface area contributed by atoms with Crippen LogP contribution in [0.2, 0.25) is 0 Å². The number of aromatic nitrogens is 3. The fraction of sp³-hybridized carbons (Fsp3) is 0.160. The number of hydrogen-bond donors (Lipinski definition) is 0. The number of fused-ring (bicyclic) bond motifs is 1. The third-order valence-electron chi connectivity index (χ3n) is 4.90. The second-order valence-electron chi connectivity index (χ2n) is 8.04. The molecule has 0 unspecified atom stereocenters. The summed E-state index contributed by atoms with van der Waals surface area (Å²) >= 11 is 0. The predicted molar refractivity (Wildman–Crippen MR) is 119 cm³/mol. The minimum absolute atomic E-state index is 0.0169. The molecule has 0 saturated carbocycles. The quantitative estimate of drug-likeness (QED) is 0.487. The standard InChI is InChI=1S/C25H23N3O/c1-25(2,3)19-7-6-8-20(17-19)28-23(12-11-18-13-15-26-16-14-18)27-22-10-5-4-9-21(22)24(28)29/h4-17H,1-3H3/b12-11+. The predicted octanol–water partition coefficient (Wildman–Crippen LogP) is 5.25. The third-order valence-corrected chi connectivity index (χ3v) is 4.90. The SMILES string of the molecule is CC(C)(C)c1cccc(-n2c(/C=C/c3ccncc3)nc3ccccc3c2=O)c1. The molecular weight excluding hydrogens is 358 g/mol. The molecule has 0 aliphatic rings. The third kappa shape index (κ3) is 3.87. The van der Waals surface area contributed by atoms with Crippen molar-refractivity contribution in [1.82, 2.24) is 14.5 Å². The van der Waals surface area contributed by atoms with Crippen molar-refractivity contribution in [1.29, 1.82) is 0 Å². The van der Waals surface area contributed by atoms with E-state index in [4.69, 9.17) is 4.98 Å². The van der Waals surface area contributed by atoms with Crippen molar-refractivity contribution in [3.8, 4) is 5.69 Å². The van der Waals surface area contributed by atoms with Gasteiger partial charge in [-0.05, 0) is 59.0 Å². The lowest BCUT2D eigenvalue weighted by Gasteiger charge is -2.20. The van der Waals surface area contributed by atoms with Crippen molar-refractivity contribution >= 4 is 23.1 Å². The van der Waals surface area contributed by atoms with Crippen molar-refractivity contribution in [2.75, 3.05) is 0 Å². The monoisotopic (exact) mass is 381 g/mol. The Morgan fingerprint density at radius 1 is 0.897 bits per heavy atom. The molecule has 2 aromatic heterocycles. The van der Waals surface area contributed by atoms with Gasteiger partial charge in [-0.2, -0.15) is 0 Å². The minimum Gasteiger partial charge on any atom is -0.268 e. The molecule has 29 heavy (non-hydrogen) atoms. The molecule has 2 heterocycles. The summed E-state index contributed by atoms with van der Waals surface area (Å²) < 4.78 is 1.69. The Labute approximate surface area is 170 Å². The number of nitrogens with zero attached hydrogens (tertiary/aromatic N) is 3. The summed E-state index contributed by atoms with van der Waals surface area (Å²) in [6.07, 6.45) is 7.32. The maximum atomic E-state index is 13.4. The molecule has 0 saturated heterocycles. The first-order valence-corrected chi connectivity index (χ1v) is 9.64. The summed E-state index contributed by atoms with van der Waals surface area (Å²) in [6, 6.07) is 19.4. The van der Waals surface area contributed by atoms with Crippen LogP contribution in [0.25, 0.3) is 28.7 Å². The maximum Gasteiger partial charge on any atom is 0.266 e. The van der Waals surface area contributed by atoms with E-state index in [-0.39, 0.29) is 11.0 Å². The first-order valence-electron chi connectivity index (χ1n) is 9.64. The Hall–Kier alpha value is -3.53. The van der Waals surface area contributed by atoms with Gasteiger partial charge in [-0.15, -0.1) is 0 Å². The fourth-order valence-electron chi connectivity index (χ4n) is 3.27. The van der Waals surface area contributed by atoms with Crippen LogP contribution < -0.4 is 5.56 Å². The van der Waals surface area contributed by atoms with Crippen molar-refractivity contribution in [3.63, 3.8) is 0 Å². The van der Waals surface area contributed by atoms with Crippen LogP contribution in [0.4, 0.5) is 0 Å². The van der Waals surface area contributed by atoms with Crippen LogP contribution in [0, 0.1) is 0 Å². The van der Waals surface area contributed by atoms with Gasteiger partial charge in [-0.25, -0.2) is 4.98 Å². The summed E-state index contributed by atoms with van der Waals surface area (Å²) in [5.74, 6) is 0.594. The minimum atomic E-state index is -0.0731. The Balaban J connectivity index is 1.96. The molecule has 0 spiro atoms. The Morgan fingerprint density at radius 2 is 1.66 bits per heavy atom. The van der Waals surface area contributed by atoms with Crippen LogP contribution in [0.3, 0.4) is 0 Å². The number of para-hydroxylation sites is 1. The Bertz CT molecular complexity index is 1250. The highest BCUT2D eigenvalue weighted by Crippen LogP contribution is 2.25. The lowest BCUT2D eigenvalue weighted by atomic mass is 9.87. The molecular formula is C25H23N3O. The molecule has 0 atom stereocenters. The van der Waals surface area contributed by atoms with Crippen molar-refractivity contribution < 1.29 is 0 Å². The number of pyridine rings is 1. The second kappa shape index (κ2) is 7.47. The zero-order valence-corrected chi connectivity index (χ0v) is 16.8. The topological polar surface area (TPSA) is 47.8 Å². The summed E-state index contributed by atoms with van der Waals surface area (Å²) in [5.41, 5.74) is 3.58. The largest absolute Gasteiger partial charge is 0.268 e. The second-order valence-corrected chi connectivity index (χ2v) is 8.04. The van der Waals surface area contributed by atoms with Crippen molar-refractivity contribution in [3.05, 3.63) is 100 Å². The molecule has 0 bridgehead atoms. The van der Waals surface area contributed by atoms with E-state index in [9.17, 15) is 4.79 Å². The van der Waals surface area contributed by atoms with Crippen molar-refractivity contribution in [2.24, 2.45) is 0 Å². The van der Waals surface area contributed by atoms with Gasteiger partial charge in [0.25, 0.3) is 5.56 Å². The van der Waals surface area contributed by atoms with Crippen LogP contribution in [-0.4, -0.2) is 14.5 Å². The van der Waals surface area contributed by atoms with Gasteiger partial charge in [0.05, 0.1) is 16.6 Å². The van der Waals surface area contributed by atoms with Gasteiger partial charge in [0.1, 0.15) is 5.82 Å². The molecule has 144 valence electrons. The molecule has 2 aromatic carbocycles. The van der Waals surface area contributed by atoms with Crippen LogP contribution in [0.5, 0.6) is 0 Å². The lowest BCUT2D eigenvalue weighted by Crippen LogP contribution is -2.23. The molecule has 0 radical (unpaired) electrons. The van der Waals surface area contributed by atoms with Gasteiger partial charge in [0.2, 0.25) is 0 Å². The van der Waals surface area contributed by atoms with Gasteiger partial charge >= 0.3 is 0 Å². The number of hydrogen-bond acceptors (Lipinski definition) is 3. The Morgan fingerprint density at radius 3 is 2.41 bits per heavy atom. The normalized spacial score (nSPS) is 12.0. The summed E-state index contributed by atoms with van der Waals surface area (Å²) in [5, 5.41) is 0.606. The van der Waals surface area contributed by atoms with E-state index in [1.807, 2.05) is 60.7 Å². The van der Waals surface area contributed by atoms with E-state index >= 15 is 0 Å². The van der Waals surface area contributed by atoms with Crippen LogP contribution in [0.15, 0.2) is 77.9 Å². The van der Waals surface area contributed by atoms with Gasteiger partial charge in [0, 0.05) is 12.4 Å². The van der Waals surface area contributed by atoms with Crippen LogP contribution >= 0.6 is 0 Å². The molecule has 4 rings (SSSR count). The Kier molecular flexibility index (Phi) is 4.85. The van der Waals surface area contributed by atoms with E-state index in [1.54, 1.807) is 17.0 Å². The molecule has 4 aromatic rings. The van der Waals surface area contributed by atoms with E-state index in [0.29, 0.717) is 16.7 Å². The molecule has 0 fully saturated rings. The average molecular weight is 381 g/mol. The maximum absolute atomic E-state index is 13.4. The fourth-order valence-corrected chi connectivity index (χ4v) is 3.27. The van der Waals surface area contributed by atoms with E-state index in [0.717, 1.165) is 11.3 Å². The van der Waals surface area contributed by atoms with Gasteiger partial charge in [0.15, 0.2) is 0 Å². The average Bonchev–Trinajstić information content (AvgIpc) is 2.72. The van der Waals surface area contributed by atoms with E-state index in [1.165, 1.54) is 5.56 Å². The smallest absolute Gasteiger partial charge is 0.266 e. The summed E-state index contributed by atoms with van der Waals surface area (Å²) in [7, 11) is 0. The van der Waals surface area contributed by atoms with Crippen LogP contribution in [-0.2, 0) is 5.41 Å². The first-order chi connectivity index (χ1) is 13.9. The van der Waals surface area contributed by atoms with E-state index < -0.39 is 0 Å². The zero-order chi connectivity index (χ0) is 20.4. The van der Waals surface area contributed by atoms with Gasteiger partial charge in [-0.3, -0.25) is 14.3 Å². The highest BCUT2D eigenvalue weighted by Gasteiger charge is 2.16. The molecule has 0 amide bonds. The van der Waals surface area contributed by atoms with Crippen molar-refractivity contribution in [2.45, 2.75) is 26.2 Å². The highest BCUT2D eigenvalue weighted by atomic mass is 16.1. The van der Waals surface area contributed by atoms with Gasteiger partial charge < -0.3 is 0 Å². The molecule has 0 N–H and O–H groups in total. The lowest BCUT2D eigenvalue weighted by molar-refractivity contribution is 0.589.